The lowest BCUT2D eigenvalue weighted by Gasteiger charge is -2.34. The number of hydrogen-bond acceptors (Lipinski definition) is 4. The van der Waals surface area contributed by atoms with Crippen molar-refractivity contribution < 1.29 is 18.9 Å². The van der Waals surface area contributed by atoms with Gasteiger partial charge in [-0.2, -0.15) is 0 Å². The highest BCUT2D eigenvalue weighted by molar-refractivity contribution is 9.18. The van der Waals surface area contributed by atoms with E-state index in [-0.39, 0.29) is 26.4 Å². The lowest BCUT2D eigenvalue weighted by Crippen LogP contribution is -2.45. The molecule has 4 aromatic carbocycles. The fraction of sp³-hybridized carbons (Fsp3) is 0.172. The van der Waals surface area contributed by atoms with Crippen LogP contribution in [0.3, 0.4) is 0 Å². The van der Waals surface area contributed by atoms with E-state index in [9.17, 15) is 0 Å². The molecule has 0 unspecified atom stereocenters. The summed E-state index contributed by atoms with van der Waals surface area (Å²) in [5.41, 5.74) is -1.04. The predicted octanol–water partition coefficient (Wildman–Crippen LogP) is 21.5. The Hall–Kier alpha value is 5.68. The van der Waals surface area contributed by atoms with Gasteiger partial charge in [-0.05, 0) is 319 Å². The Labute approximate surface area is 472 Å². The van der Waals surface area contributed by atoms with Crippen molar-refractivity contribution in [2.75, 3.05) is 26.4 Å². The van der Waals surface area contributed by atoms with Gasteiger partial charge in [-0.25, -0.2) is 0 Å². The Morgan fingerprint density at radius 2 is 0.321 bits per heavy atom. The highest BCUT2D eigenvalue weighted by Gasteiger charge is 2.39. The molecule has 0 amide bonds. The standard InChI is InChI=1S/C29H8Br20O4/c30-5-9(34)17(42)25(18(43)10(5)35)50-1-29(2-51-26-19(44)11(36)6(31)12(37)20(26)45,3-52-27-21(46)13(38)7(32)14(39)22(27)47)4-53-28-23(48)15(40)8(33)16(41)24(28)49/h1-4H2. The number of ether oxygens (including phenoxy) is 4. The molecule has 0 heterocycles. The molecule has 0 saturated heterocycles. The molecule has 4 aromatic rings. The van der Waals surface area contributed by atoms with Crippen LogP contribution in [0.25, 0.3) is 0 Å². The largest absolute Gasteiger partial charge is 0.490 e. The third kappa shape index (κ3) is 11.3. The molecule has 0 N–H and O–H groups in total. The van der Waals surface area contributed by atoms with Gasteiger partial charge in [0, 0.05) is 17.9 Å². The van der Waals surface area contributed by atoms with Gasteiger partial charge in [0.25, 0.3) is 0 Å². The van der Waals surface area contributed by atoms with Crippen LogP contribution in [0.2, 0.25) is 0 Å². The summed E-state index contributed by atoms with van der Waals surface area (Å²) in [5, 5.41) is 0. The summed E-state index contributed by atoms with van der Waals surface area (Å²) >= 11 is 73.4. The monoisotopic (exact) mass is 2000 g/mol. The van der Waals surface area contributed by atoms with Gasteiger partial charge in [-0.3, -0.25) is 0 Å². The second-order valence-electron chi connectivity index (χ2n) is 10.3. The van der Waals surface area contributed by atoms with E-state index in [0.29, 0.717) is 58.8 Å². The lowest BCUT2D eigenvalue weighted by atomic mass is 9.92. The van der Waals surface area contributed by atoms with Crippen molar-refractivity contribution in [2.45, 2.75) is 0 Å². The third-order valence-corrected chi connectivity index (χ3v) is 30.9. The molecule has 4 nitrogen and oxygen atoms in total. The summed E-state index contributed by atoms with van der Waals surface area (Å²) < 4.78 is 41.6. The molecular weight excluding hydrogens is 2010 g/mol. The maximum Gasteiger partial charge on any atom is 0.150 e. The summed E-state index contributed by atoms with van der Waals surface area (Å²) in [6.45, 7) is 0.171. The van der Waals surface area contributed by atoms with Crippen LogP contribution < -0.4 is 18.9 Å². The quantitative estimate of drug-likeness (QED) is 0.105. The maximum absolute atomic E-state index is 6.73. The first-order valence-corrected chi connectivity index (χ1v) is 29.0. The van der Waals surface area contributed by atoms with E-state index in [0.717, 1.165) is 53.7 Å². The highest BCUT2D eigenvalue weighted by Crippen LogP contribution is 2.53. The molecule has 288 valence electrons. The summed E-state index contributed by atoms with van der Waals surface area (Å²) in [6, 6.07) is 0. The van der Waals surface area contributed by atoms with Gasteiger partial charge in [-0.15, -0.1) is 0 Å². The van der Waals surface area contributed by atoms with Crippen LogP contribution in [0.1, 0.15) is 0 Å². The summed E-state index contributed by atoms with van der Waals surface area (Å²) in [4.78, 5) is 0. The summed E-state index contributed by atoms with van der Waals surface area (Å²) in [5.74, 6) is 2.11. The van der Waals surface area contributed by atoms with Crippen LogP contribution in [0, 0.1) is 5.41 Å². The highest BCUT2D eigenvalue weighted by atomic mass is 79.9. The van der Waals surface area contributed by atoms with Crippen LogP contribution in [0.5, 0.6) is 23.0 Å². The Bertz CT molecular complexity index is 1710. The molecule has 0 aromatic heterocycles. The topological polar surface area (TPSA) is 36.9 Å². The molecular formula is C29H8Br20O4. The maximum atomic E-state index is 6.73. The van der Waals surface area contributed by atoms with Crippen molar-refractivity contribution >= 4 is 319 Å². The smallest absolute Gasteiger partial charge is 0.150 e. The van der Waals surface area contributed by atoms with E-state index >= 15 is 0 Å². The van der Waals surface area contributed by atoms with Crippen molar-refractivity contribution in [3.63, 3.8) is 0 Å². The minimum absolute atomic E-state index is 0.0427. The molecule has 0 spiro atoms. The van der Waals surface area contributed by atoms with Gasteiger partial charge >= 0.3 is 0 Å². The molecule has 0 radical (unpaired) electrons. The average molecular weight is 2020 g/mol. The van der Waals surface area contributed by atoms with Crippen LogP contribution in [-0.4, -0.2) is 26.4 Å². The van der Waals surface area contributed by atoms with E-state index in [1.807, 2.05) is 0 Å². The molecule has 0 bridgehead atoms. The third-order valence-electron chi connectivity index (χ3n) is 6.77. The average Bonchev–Trinajstić information content (AvgIpc) is 3.14. The molecule has 53 heavy (non-hydrogen) atoms. The molecule has 0 fully saturated rings. The zero-order chi connectivity index (χ0) is 40.0. The molecule has 0 aliphatic rings. The fourth-order valence-corrected chi connectivity index (χ4v) is 17.0. The Morgan fingerprint density at radius 1 is 0.208 bits per heavy atom. The second-order valence-corrected chi connectivity index (χ2v) is 26.1. The van der Waals surface area contributed by atoms with Crippen molar-refractivity contribution in [1.82, 2.24) is 0 Å². The van der Waals surface area contributed by atoms with Crippen molar-refractivity contribution in [1.29, 1.82) is 0 Å². The van der Waals surface area contributed by atoms with E-state index in [4.69, 9.17) is 18.9 Å². The second kappa shape index (κ2) is 22.0. The van der Waals surface area contributed by atoms with Gasteiger partial charge in [-0.1, -0.05) is 0 Å². The number of benzene rings is 4. The van der Waals surface area contributed by atoms with Crippen LogP contribution in [0.4, 0.5) is 0 Å². The van der Waals surface area contributed by atoms with E-state index < -0.39 is 5.41 Å². The molecule has 0 saturated carbocycles. The van der Waals surface area contributed by atoms with Crippen LogP contribution >= 0.6 is 319 Å². The van der Waals surface area contributed by atoms with Gasteiger partial charge in [0.2, 0.25) is 0 Å². The van der Waals surface area contributed by atoms with Crippen LogP contribution in [0.15, 0.2) is 89.5 Å². The van der Waals surface area contributed by atoms with Gasteiger partial charge in [0.1, 0.15) is 54.8 Å². The van der Waals surface area contributed by atoms with Crippen molar-refractivity contribution in [2.24, 2.45) is 5.41 Å². The summed E-state index contributed by atoms with van der Waals surface area (Å²) in [7, 11) is 0. The first-order chi connectivity index (χ1) is 24.6. The fourth-order valence-electron chi connectivity index (χ4n) is 4.00. The molecule has 0 atom stereocenters. The number of rotatable bonds is 12. The Balaban J connectivity index is 1.93. The van der Waals surface area contributed by atoms with Crippen molar-refractivity contribution in [3.8, 4) is 23.0 Å². The van der Waals surface area contributed by atoms with E-state index in [1.165, 1.54) is 0 Å². The Kier molecular flexibility index (Phi) is 21.3. The lowest BCUT2D eigenvalue weighted by molar-refractivity contribution is -0.00516. The SMILES string of the molecule is Brc1c(Br)c(Br)c(OCC(COc2c(Br)c(Br)c(Br)c(Br)c2Br)(COc2c(Br)c(Br)c(Br)c(Br)c2Br)COc2c(Br)c(Br)c(Br)c(Br)c2Br)c(Br)c1Br. The minimum atomic E-state index is -1.04. The van der Waals surface area contributed by atoms with Crippen LogP contribution in [-0.2, 0) is 0 Å². The van der Waals surface area contributed by atoms with Gasteiger partial charge < -0.3 is 18.9 Å². The minimum Gasteiger partial charge on any atom is -0.490 e. The van der Waals surface area contributed by atoms with Gasteiger partial charge in [0.05, 0.1) is 71.6 Å². The zero-order valence-corrected chi connectivity index (χ0v) is 56.2. The zero-order valence-electron chi connectivity index (χ0n) is 24.5. The molecule has 24 heteroatoms. The molecule has 0 aliphatic heterocycles. The summed E-state index contributed by atoms with van der Waals surface area (Å²) in [6.07, 6.45) is 0. The number of hydrogen-bond donors (Lipinski definition) is 0. The first-order valence-electron chi connectivity index (χ1n) is 13.2. The van der Waals surface area contributed by atoms with E-state index in [2.05, 4.69) is 319 Å². The Morgan fingerprint density at radius 3 is 0.453 bits per heavy atom. The molecule has 0 aliphatic carbocycles. The first kappa shape index (κ1) is 51.3. The molecule has 4 rings (SSSR count). The van der Waals surface area contributed by atoms with E-state index in [1.54, 1.807) is 0 Å². The van der Waals surface area contributed by atoms with Gasteiger partial charge in [0.15, 0.2) is 0 Å². The normalized spacial score (nSPS) is 11.7. The number of halogens is 20. The van der Waals surface area contributed by atoms with Crippen molar-refractivity contribution in [3.05, 3.63) is 89.5 Å². The predicted molar refractivity (Wildman–Crippen MR) is 284 cm³/mol.